The fraction of sp³-hybridized carbons (Fsp3) is 0.250. The Balaban J connectivity index is 0.000000815. The summed E-state index contributed by atoms with van der Waals surface area (Å²) in [6.45, 7) is 10.8. The first-order chi connectivity index (χ1) is 11.6. The minimum Gasteiger partial charge on any atom is -0.0683 e. The standard InChI is InChI=1S/C22H20.C2H6/c1-15-9-12-20-19(13-15)18-11-10-17(14-21(18)22(20,2)3)16-7-5-4-6-8-16;1-2/h4-14H,1-3H3;1-2H3. The first-order valence-electron chi connectivity index (χ1n) is 8.89. The molecule has 0 radical (unpaired) electrons. The molecule has 3 aromatic rings. The lowest BCUT2D eigenvalue weighted by Crippen LogP contribution is -2.15. The van der Waals surface area contributed by atoms with Gasteiger partial charge in [0.2, 0.25) is 0 Å². The Morgan fingerprint density at radius 3 is 2.04 bits per heavy atom. The molecule has 0 saturated heterocycles. The molecular formula is C24H26. The summed E-state index contributed by atoms with van der Waals surface area (Å²) in [5.41, 5.74) is 9.67. The average Bonchev–Trinajstić information content (AvgIpc) is 2.84. The normalized spacial score (nSPS) is 13.5. The van der Waals surface area contributed by atoms with Crippen LogP contribution >= 0.6 is 0 Å². The number of benzene rings is 3. The molecule has 0 bridgehead atoms. The van der Waals surface area contributed by atoms with Crippen molar-refractivity contribution in [3.8, 4) is 22.3 Å². The van der Waals surface area contributed by atoms with E-state index < -0.39 is 0 Å². The van der Waals surface area contributed by atoms with Crippen LogP contribution in [0.3, 0.4) is 0 Å². The van der Waals surface area contributed by atoms with E-state index in [1.807, 2.05) is 13.8 Å². The van der Waals surface area contributed by atoms with Gasteiger partial charge >= 0.3 is 0 Å². The van der Waals surface area contributed by atoms with Crippen LogP contribution in [-0.2, 0) is 5.41 Å². The second-order valence-corrected chi connectivity index (χ2v) is 6.80. The molecule has 0 fully saturated rings. The van der Waals surface area contributed by atoms with Crippen molar-refractivity contribution in [2.75, 3.05) is 0 Å². The number of fused-ring (bicyclic) bond motifs is 3. The molecule has 0 saturated carbocycles. The largest absolute Gasteiger partial charge is 0.0683 e. The lowest BCUT2D eigenvalue weighted by Gasteiger charge is -2.22. The first-order valence-corrected chi connectivity index (χ1v) is 8.89. The highest BCUT2D eigenvalue weighted by Gasteiger charge is 2.35. The highest BCUT2D eigenvalue weighted by atomic mass is 14.4. The number of hydrogen-bond acceptors (Lipinski definition) is 0. The van der Waals surface area contributed by atoms with Crippen molar-refractivity contribution in [3.63, 3.8) is 0 Å². The second-order valence-electron chi connectivity index (χ2n) is 6.80. The van der Waals surface area contributed by atoms with Crippen LogP contribution in [0.25, 0.3) is 22.3 Å². The monoisotopic (exact) mass is 314 g/mol. The number of hydrogen-bond donors (Lipinski definition) is 0. The first kappa shape index (κ1) is 16.5. The maximum Gasteiger partial charge on any atom is 0.0159 e. The SMILES string of the molecule is CC.Cc1ccc2c(c1)-c1ccc(-c3ccccc3)cc1C2(C)C. The molecule has 0 nitrogen and oxygen atoms in total. The van der Waals surface area contributed by atoms with Crippen LogP contribution in [0.4, 0.5) is 0 Å². The summed E-state index contributed by atoms with van der Waals surface area (Å²) in [7, 11) is 0. The second kappa shape index (κ2) is 6.28. The molecule has 1 aliphatic carbocycles. The summed E-state index contributed by atoms with van der Waals surface area (Å²) in [6.07, 6.45) is 0. The van der Waals surface area contributed by atoms with Gasteiger partial charge in [0.25, 0.3) is 0 Å². The van der Waals surface area contributed by atoms with Gasteiger partial charge in [0.05, 0.1) is 0 Å². The molecule has 3 aromatic carbocycles. The summed E-state index contributed by atoms with van der Waals surface area (Å²) in [4.78, 5) is 0. The van der Waals surface area contributed by atoms with Crippen molar-refractivity contribution >= 4 is 0 Å². The van der Waals surface area contributed by atoms with Crippen molar-refractivity contribution in [1.29, 1.82) is 0 Å². The third kappa shape index (κ3) is 2.57. The third-order valence-corrected chi connectivity index (χ3v) is 4.94. The van der Waals surface area contributed by atoms with Crippen molar-refractivity contribution in [2.45, 2.75) is 40.0 Å². The van der Waals surface area contributed by atoms with Gasteiger partial charge in [-0.05, 0) is 46.4 Å². The molecule has 0 N–H and O–H groups in total. The Morgan fingerprint density at radius 1 is 0.625 bits per heavy atom. The van der Waals surface area contributed by atoms with Gasteiger partial charge < -0.3 is 0 Å². The lowest BCUT2D eigenvalue weighted by molar-refractivity contribution is 0.660. The van der Waals surface area contributed by atoms with Gasteiger partial charge in [0.1, 0.15) is 0 Å². The highest BCUT2D eigenvalue weighted by molar-refractivity contribution is 5.83. The van der Waals surface area contributed by atoms with E-state index >= 15 is 0 Å². The molecule has 122 valence electrons. The summed E-state index contributed by atoms with van der Waals surface area (Å²) < 4.78 is 0. The highest BCUT2D eigenvalue weighted by Crippen LogP contribution is 2.49. The van der Waals surface area contributed by atoms with E-state index in [2.05, 4.69) is 87.5 Å². The molecule has 1 aliphatic rings. The Morgan fingerprint density at radius 2 is 1.33 bits per heavy atom. The maximum atomic E-state index is 2.38. The van der Waals surface area contributed by atoms with Crippen LogP contribution in [0, 0.1) is 6.92 Å². The van der Waals surface area contributed by atoms with E-state index in [0.29, 0.717) is 0 Å². The van der Waals surface area contributed by atoms with Crippen LogP contribution in [0.1, 0.15) is 44.4 Å². The summed E-state index contributed by atoms with van der Waals surface area (Å²) in [6, 6.07) is 24.4. The van der Waals surface area contributed by atoms with Crippen molar-refractivity contribution < 1.29 is 0 Å². The summed E-state index contributed by atoms with van der Waals surface area (Å²) in [5, 5.41) is 0. The Hall–Kier alpha value is -2.34. The fourth-order valence-corrected chi connectivity index (χ4v) is 3.68. The van der Waals surface area contributed by atoms with E-state index in [1.54, 1.807) is 0 Å². The Kier molecular flexibility index (Phi) is 4.32. The topological polar surface area (TPSA) is 0 Å². The zero-order valence-electron chi connectivity index (χ0n) is 15.4. The predicted octanol–water partition coefficient (Wildman–Crippen LogP) is 6.99. The van der Waals surface area contributed by atoms with Crippen molar-refractivity contribution in [1.82, 2.24) is 0 Å². The van der Waals surface area contributed by atoms with Gasteiger partial charge in [-0.25, -0.2) is 0 Å². The lowest BCUT2D eigenvalue weighted by atomic mass is 9.81. The minimum absolute atomic E-state index is 0.0726. The van der Waals surface area contributed by atoms with E-state index in [9.17, 15) is 0 Å². The van der Waals surface area contributed by atoms with Gasteiger partial charge in [-0.1, -0.05) is 93.9 Å². The molecule has 24 heavy (non-hydrogen) atoms. The smallest absolute Gasteiger partial charge is 0.0159 e. The minimum atomic E-state index is 0.0726. The maximum absolute atomic E-state index is 2.38. The molecule has 0 heteroatoms. The van der Waals surface area contributed by atoms with Crippen LogP contribution in [0.15, 0.2) is 66.7 Å². The number of rotatable bonds is 1. The zero-order chi connectivity index (χ0) is 17.3. The Bertz CT molecular complexity index is 854. The van der Waals surface area contributed by atoms with Gasteiger partial charge in [0, 0.05) is 5.41 Å². The van der Waals surface area contributed by atoms with E-state index in [-0.39, 0.29) is 5.41 Å². The van der Waals surface area contributed by atoms with Crippen LogP contribution in [-0.4, -0.2) is 0 Å². The molecule has 0 amide bonds. The molecule has 0 aromatic heterocycles. The van der Waals surface area contributed by atoms with Gasteiger partial charge in [0.15, 0.2) is 0 Å². The molecule has 4 rings (SSSR count). The van der Waals surface area contributed by atoms with Gasteiger partial charge in [-0.15, -0.1) is 0 Å². The van der Waals surface area contributed by atoms with E-state index in [4.69, 9.17) is 0 Å². The van der Waals surface area contributed by atoms with Crippen LogP contribution in [0.2, 0.25) is 0 Å². The quantitative estimate of drug-likeness (QED) is 0.454. The summed E-state index contributed by atoms with van der Waals surface area (Å²) >= 11 is 0. The zero-order valence-corrected chi connectivity index (χ0v) is 15.4. The molecule has 0 atom stereocenters. The van der Waals surface area contributed by atoms with E-state index in [1.165, 1.54) is 38.9 Å². The van der Waals surface area contributed by atoms with Crippen LogP contribution in [0.5, 0.6) is 0 Å². The predicted molar refractivity (Wildman–Crippen MR) is 106 cm³/mol. The van der Waals surface area contributed by atoms with Crippen molar-refractivity contribution in [3.05, 3.63) is 83.4 Å². The summed E-state index contributed by atoms with van der Waals surface area (Å²) in [5.74, 6) is 0. The molecule has 0 unspecified atom stereocenters. The molecule has 0 aliphatic heterocycles. The van der Waals surface area contributed by atoms with E-state index in [0.717, 1.165) is 0 Å². The fourth-order valence-electron chi connectivity index (χ4n) is 3.68. The third-order valence-electron chi connectivity index (χ3n) is 4.94. The van der Waals surface area contributed by atoms with Gasteiger partial charge in [-0.3, -0.25) is 0 Å². The number of aryl methyl sites for hydroxylation is 1. The van der Waals surface area contributed by atoms with Crippen molar-refractivity contribution in [2.24, 2.45) is 0 Å². The molecule has 0 heterocycles. The average molecular weight is 314 g/mol. The molecule has 0 spiro atoms. The Labute approximate surface area is 146 Å². The van der Waals surface area contributed by atoms with Gasteiger partial charge in [-0.2, -0.15) is 0 Å². The van der Waals surface area contributed by atoms with Crippen LogP contribution < -0.4 is 0 Å². The molecular weight excluding hydrogens is 288 g/mol.